The molecule has 13 heavy (non-hydrogen) atoms. The van der Waals surface area contributed by atoms with E-state index < -0.39 is 0 Å². The largest absolute Gasteiger partial charge is 0.329 e. The molecule has 0 radical (unpaired) electrons. The molecule has 0 unspecified atom stereocenters. The summed E-state index contributed by atoms with van der Waals surface area (Å²) in [6.45, 7) is 10.8. The Bertz CT molecular complexity index is 100. The maximum atomic E-state index is 5.54. The van der Waals surface area contributed by atoms with Gasteiger partial charge in [0.1, 0.15) is 0 Å². The Morgan fingerprint density at radius 1 is 1.00 bits per heavy atom. The van der Waals surface area contributed by atoms with Crippen molar-refractivity contribution >= 4 is 0 Å². The van der Waals surface area contributed by atoms with Gasteiger partial charge in [-0.25, -0.2) is 0 Å². The zero-order valence-corrected chi connectivity index (χ0v) is 9.42. The van der Waals surface area contributed by atoms with Crippen molar-refractivity contribution in [2.24, 2.45) is 5.73 Å². The quantitative estimate of drug-likeness (QED) is 0.604. The second-order valence-electron chi connectivity index (χ2n) is 3.53. The molecule has 0 amide bonds. The van der Waals surface area contributed by atoms with E-state index in [2.05, 4.69) is 30.7 Å². The highest BCUT2D eigenvalue weighted by Crippen LogP contribution is 1.91. The number of nitrogens with two attached hydrogens (primary N) is 1. The molecule has 0 aromatic carbocycles. The predicted molar refractivity (Wildman–Crippen MR) is 59.0 cm³/mol. The van der Waals surface area contributed by atoms with Gasteiger partial charge in [-0.2, -0.15) is 0 Å². The highest BCUT2D eigenvalue weighted by Gasteiger charge is 2.03. The Labute approximate surface area is 82.9 Å². The summed E-state index contributed by atoms with van der Waals surface area (Å²) >= 11 is 0. The van der Waals surface area contributed by atoms with E-state index in [0.29, 0.717) is 0 Å². The van der Waals surface area contributed by atoms with Crippen LogP contribution in [0.1, 0.15) is 20.3 Å². The van der Waals surface area contributed by atoms with Gasteiger partial charge in [0.15, 0.2) is 0 Å². The summed E-state index contributed by atoms with van der Waals surface area (Å²) < 4.78 is 0. The second-order valence-corrected chi connectivity index (χ2v) is 3.53. The third kappa shape index (κ3) is 6.99. The fraction of sp³-hybridized carbons (Fsp3) is 1.00. The van der Waals surface area contributed by atoms with Crippen LogP contribution in [0.2, 0.25) is 0 Å². The van der Waals surface area contributed by atoms with Gasteiger partial charge in [-0.15, -0.1) is 0 Å². The van der Waals surface area contributed by atoms with Crippen molar-refractivity contribution in [3.05, 3.63) is 0 Å². The van der Waals surface area contributed by atoms with Gasteiger partial charge in [0.2, 0.25) is 0 Å². The molecule has 2 N–H and O–H groups in total. The van der Waals surface area contributed by atoms with E-state index in [1.54, 1.807) is 0 Å². The lowest BCUT2D eigenvalue weighted by atomic mass is 10.3. The molecule has 80 valence electrons. The molecule has 0 spiro atoms. The molecular formula is C10H25N3. The first-order chi connectivity index (χ1) is 6.24. The standard InChI is InChI=1S/C10H25N3/c1-4-7-13(8-6-11)10-9-12(3)5-2/h4-11H2,1-3H3. The SMILES string of the molecule is CCCN(CCN)CCN(C)CC. The van der Waals surface area contributed by atoms with Gasteiger partial charge in [0, 0.05) is 26.2 Å². The predicted octanol–water partition coefficient (Wildman–Crippen LogP) is 0.609. The third-order valence-corrected chi connectivity index (χ3v) is 2.32. The smallest absolute Gasteiger partial charge is 0.0110 e. The van der Waals surface area contributed by atoms with Crippen molar-refractivity contribution in [3.63, 3.8) is 0 Å². The van der Waals surface area contributed by atoms with Crippen LogP contribution in [0.15, 0.2) is 0 Å². The van der Waals surface area contributed by atoms with Crippen LogP contribution in [0.25, 0.3) is 0 Å². The van der Waals surface area contributed by atoms with E-state index in [4.69, 9.17) is 5.73 Å². The Balaban J connectivity index is 3.55. The molecule has 0 heterocycles. The van der Waals surface area contributed by atoms with Crippen molar-refractivity contribution in [2.75, 3.05) is 46.3 Å². The lowest BCUT2D eigenvalue weighted by Crippen LogP contribution is -2.36. The molecule has 0 saturated carbocycles. The van der Waals surface area contributed by atoms with Gasteiger partial charge in [-0.05, 0) is 26.6 Å². The second kappa shape index (κ2) is 8.48. The van der Waals surface area contributed by atoms with Crippen LogP contribution in [0.5, 0.6) is 0 Å². The molecular weight excluding hydrogens is 162 g/mol. The van der Waals surface area contributed by atoms with Crippen molar-refractivity contribution in [1.82, 2.24) is 9.80 Å². The maximum absolute atomic E-state index is 5.54. The first-order valence-corrected chi connectivity index (χ1v) is 5.35. The Morgan fingerprint density at radius 2 is 1.69 bits per heavy atom. The molecule has 3 heteroatoms. The van der Waals surface area contributed by atoms with Crippen LogP contribution < -0.4 is 5.73 Å². The van der Waals surface area contributed by atoms with Crippen LogP contribution in [-0.4, -0.2) is 56.1 Å². The molecule has 0 aliphatic carbocycles. The summed E-state index contributed by atoms with van der Waals surface area (Å²) in [5.41, 5.74) is 5.54. The van der Waals surface area contributed by atoms with Gasteiger partial charge in [0.05, 0.1) is 0 Å². The van der Waals surface area contributed by atoms with Crippen LogP contribution in [0.4, 0.5) is 0 Å². The summed E-state index contributed by atoms with van der Waals surface area (Å²) in [7, 11) is 2.16. The van der Waals surface area contributed by atoms with E-state index in [9.17, 15) is 0 Å². The summed E-state index contributed by atoms with van der Waals surface area (Å²) in [6, 6.07) is 0. The molecule has 0 bridgehead atoms. The fourth-order valence-corrected chi connectivity index (χ4v) is 1.30. The summed E-state index contributed by atoms with van der Waals surface area (Å²) in [5, 5.41) is 0. The number of hydrogen-bond donors (Lipinski definition) is 1. The molecule has 0 aliphatic heterocycles. The number of likely N-dealkylation sites (N-methyl/N-ethyl adjacent to an activating group) is 1. The van der Waals surface area contributed by atoms with Crippen molar-refractivity contribution < 1.29 is 0 Å². The van der Waals surface area contributed by atoms with E-state index >= 15 is 0 Å². The van der Waals surface area contributed by atoms with Gasteiger partial charge in [-0.1, -0.05) is 13.8 Å². The van der Waals surface area contributed by atoms with Crippen molar-refractivity contribution in [1.29, 1.82) is 0 Å². The average molecular weight is 187 g/mol. The maximum Gasteiger partial charge on any atom is 0.0110 e. The van der Waals surface area contributed by atoms with E-state index in [-0.39, 0.29) is 0 Å². The molecule has 0 saturated heterocycles. The van der Waals surface area contributed by atoms with Crippen LogP contribution >= 0.6 is 0 Å². The molecule has 3 nitrogen and oxygen atoms in total. The number of nitrogens with zero attached hydrogens (tertiary/aromatic N) is 2. The Kier molecular flexibility index (Phi) is 8.40. The van der Waals surface area contributed by atoms with Gasteiger partial charge >= 0.3 is 0 Å². The molecule has 0 aromatic rings. The summed E-state index contributed by atoms with van der Waals surface area (Å²) in [4.78, 5) is 4.77. The van der Waals surface area contributed by atoms with Crippen LogP contribution in [-0.2, 0) is 0 Å². The number of hydrogen-bond acceptors (Lipinski definition) is 3. The summed E-state index contributed by atoms with van der Waals surface area (Å²) in [6.07, 6.45) is 1.22. The topological polar surface area (TPSA) is 32.5 Å². The lowest BCUT2D eigenvalue weighted by Gasteiger charge is -2.23. The highest BCUT2D eigenvalue weighted by molar-refractivity contribution is 4.60. The lowest BCUT2D eigenvalue weighted by molar-refractivity contribution is 0.234. The normalized spacial score (nSPS) is 11.5. The van der Waals surface area contributed by atoms with Gasteiger partial charge in [-0.3, -0.25) is 0 Å². The zero-order valence-electron chi connectivity index (χ0n) is 9.42. The van der Waals surface area contributed by atoms with Gasteiger partial charge in [0.25, 0.3) is 0 Å². The fourth-order valence-electron chi connectivity index (χ4n) is 1.30. The first kappa shape index (κ1) is 12.9. The van der Waals surface area contributed by atoms with Crippen molar-refractivity contribution in [3.8, 4) is 0 Å². The third-order valence-electron chi connectivity index (χ3n) is 2.32. The molecule has 0 aromatic heterocycles. The summed E-state index contributed by atoms with van der Waals surface area (Å²) in [5.74, 6) is 0. The minimum absolute atomic E-state index is 0.774. The monoisotopic (exact) mass is 187 g/mol. The van der Waals surface area contributed by atoms with E-state index in [1.807, 2.05) is 0 Å². The number of rotatable bonds is 8. The molecule has 0 rings (SSSR count). The van der Waals surface area contributed by atoms with E-state index in [0.717, 1.165) is 32.7 Å². The minimum Gasteiger partial charge on any atom is -0.329 e. The van der Waals surface area contributed by atoms with Gasteiger partial charge < -0.3 is 15.5 Å². The zero-order chi connectivity index (χ0) is 10.1. The molecule has 0 fully saturated rings. The minimum atomic E-state index is 0.774. The van der Waals surface area contributed by atoms with Crippen molar-refractivity contribution in [2.45, 2.75) is 20.3 Å². The Hall–Kier alpha value is -0.120. The highest BCUT2D eigenvalue weighted by atomic mass is 15.2. The Morgan fingerprint density at radius 3 is 2.15 bits per heavy atom. The molecule has 0 aliphatic rings. The first-order valence-electron chi connectivity index (χ1n) is 5.35. The average Bonchev–Trinajstić information content (AvgIpc) is 2.14. The van der Waals surface area contributed by atoms with Crippen LogP contribution in [0.3, 0.4) is 0 Å². The van der Waals surface area contributed by atoms with Crippen LogP contribution in [0, 0.1) is 0 Å². The molecule has 0 atom stereocenters. The van der Waals surface area contributed by atoms with E-state index in [1.165, 1.54) is 13.0 Å².